The molecule has 7 nitrogen and oxygen atoms in total. The zero-order valence-corrected chi connectivity index (χ0v) is 16.4. The van der Waals surface area contributed by atoms with Crippen LogP contribution in [0.5, 0.6) is 0 Å². The number of nitrogens with zero attached hydrogens (tertiary/aromatic N) is 1. The summed E-state index contributed by atoms with van der Waals surface area (Å²) in [5.74, 6) is -0.683. The Labute approximate surface area is 169 Å². The molecule has 1 aromatic heterocycles. The number of rotatable bonds is 5. The van der Waals surface area contributed by atoms with E-state index < -0.39 is 11.6 Å². The fourth-order valence-electron chi connectivity index (χ4n) is 3.09. The molecule has 3 rings (SSSR count). The topological polar surface area (TPSA) is 101 Å². The van der Waals surface area contributed by atoms with Gasteiger partial charge in [-0.05, 0) is 43.1 Å². The van der Waals surface area contributed by atoms with Crippen LogP contribution in [0.25, 0.3) is 11.1 Å². The number of halogens is 1. The van der Waals surface area contributed by atoms with E-state index in [4.69, 9.17) is 4.74 Å². The second kappa shape index (κ2) is 9.64. The van der Waals surface area contributed by atoms with E-state index in [1.807, 2.05) is 0 Å². The van der Waals surface area contributed by atoms with Crippen molar-refractivity contribution in [2.45, 2.75) is 18.4 Å². The molecule has 0 bridgehead atoms. The lowest BCUT2D eigenvalue weighted by atomic mass is 9.94. The van der Waals surface area contributed by atoms with Crippen molar-refractivity contribution >= 4 is 24.3 Å². The number of benzene rings is 1. The van der Waals surface area contributed by atoms with Gasteiger partial charge in [0.25, 0.3) is 5.91 Å². The number of hydrogen-bond donors (Lipinski definition) is 3. The SMILES string of the molecule is COC(=O)c1cncc(-c2ccc(C(=O)NCC3(O)CCCNC3)cc2)c1.Cl. The first kappa shape index (κ1) is 21.8. The fraction of sp³-hybridized carbons (Fsp3) is 0.350. The van der Waals surface area contributed by atoms with Crippen molar-refractivity contribution in [3.05, 3.63) is 53.9 Å². The summed E-state index contributed by atoms with van der Waals surface area (Å²) in [5, 5.41) is 16.4. The number of ether oxygens (including phenoxy) is 1. The van der Waals surface area contributed by atoms with Gasteiger partial charge in [0, 0.05) is 36.6 Å². The van der Waals surface area contributed by atoms with Crippen LogP contribution in [-0.4, -0.2) is 54.3 Å². The summed E-state index contributed by atoms with van der Waals surface area (Å²) in [6.45, 7) is 1.59. The van der Waals surface area contributed by atoms with Gasteiger partial charge in [-0.2, -0.15) is 0 Å². The molecule has 1 saturated heterocycles. The second-order valence-electron chi connectivity index (χ2n) is 6.72. The Hall–Kier alpha value is -2.48. The van der Waals surface area contributed by atoms with Crippen LogP contribution in [0, 0.1) is 0 Å². The van der Waals surface area contributed by atoms with Gasteiger partial charge in [0.05, 0.1) is 18.3 Å². The van der Waals surface area contributed by atoms with Gasteiger partial charge in [-0.1, -0.05) is 12.1 Å². The van der Waals surface area contributed by atoms with Crippen molar-refractivity contribution in [1.82, 2.24) is 15.6 Å². The molecule has 1 aliphatic rings. The van der Waals surface area contributed by atoms with E-state index >= 15 is 0 Å². The quantitative estimate of drug-likeness (QED) is 0.656. The minimum absolute atomic E-state index is 0. The summed E-state index contributed by atoms with van der Waals surface area (Å²) in [6.07, 6.45) is 4.65. The van der Waals surface area contributed by atoms with Gasteiger partial charge in [-0.15, -0.1) is 12.4 Å². The molecule has 28 heavy (non-hydrogen) atoms. The summed E-state index contributed by atoms with van der Waals surface area (Å²) in [6, 6.07) is 8.70. The molecule has 1 aliphatic heterocycles. The normalized spacial score (nSPS) is 18.6. The monoisotopic (exact) mass is 405 g/mol. The predicted octanol–water partition coefficient (Wildman–Crippen LogP) is 1.80. The number of amides is 1. The van der Waals surface area contributed by atoms with Crippen LogP contribution in [-0.2, 0) is 4.74 Å². The Morgan fingerprint density at radius 2 is 1.96 bits per heavy atom. The lowest BCUT2D eigenvalue weighted by Crippen LogP contribution is -2.52. The summed E-state index contributed by atoms with van der Waals surface area (Å²) < 4.78 is 4.71. The first-order valence-corrected chi connectivity index (χ1v) is 8.86. The van der Waals surface area contributed by atoms with Crippen LogP contribution < -0.4 is 10.6 Å². The average molecular weight is 406 g/mol. The third-order valence-corrected chi connectivity index (χ3v) is 4.67. The third-order valence-electron chi connectivity index (χ3n) is 4.67. The first-order valence-electron chi connectivity index (χ1n) is 8.86. The second-order valence-corrected chi connectivity index (χ2v) is 6.72. The molecule has 0 aliphatic carbocycles. The van der Waals surface area contributed by atoms with Crippen LogP contribution in [0.3, 0.4) is 0 Å². The van der Waals surface area contributed by atoms with Crippen LogP contribution in [0.1, 0.15) is 33.6 Å². The molecule has 0 radical (unpaired) electrons. The molecule has 0 spiro atoms. The van der Waals surface area contributed by atoms with Crippen molar-refractivity contribution in [2.24, 2.45) is 0 Å². The number of piperidine rings is 1. The number of nitrogens with one attached hydrogen (secondary N) is 2. The number of carbonyl (C=O) groups excluding carboxylic acids is 2. The highest BCUT2D eigenvalue weighted by molar-refractivity contribution is 5.95. The van der Waals surface area contributed by atoms with Crippen LogP contribution in [0.4, 0.5) is 0 Å². The number of pyridine rings is 1. The van der Waals surface area contributed by atoms with Crippen molar-refractivity contribution in [3.8, 4) is 11.1 Å². The Morgan fingerprint density at radius 3 is 2.61 bits per heavy atom. The molecular weight excluding hydrogens is 382 g/mol. The summed E-state index contributed by atoms with van der Waals surface area (Å²) in [7, 11) is 1.32. The van der Waals surface area contributed by atoms with Gasteiger partial charge >= 0.3 is 5.97 Å². The Morgan fingerprint density at radius 1 is 1.21 bits per heavy atom. The molecule has 1 aromatic carbocycles. The minimum Gasteiger partial charge on any atom is -0.465 e. The van der Waals surface area contributed by atoms with E-state index in [1.165, 1.54) is 13.3 Å². The molecule has 2 aromatic rings. The number of carbonyl (C=O) groups is 2. The number of β-amino-alcohol motifs (C(OH)–C–C–N with tert-alkyl or cyclic N) is 1. The standard InChI is InChI=1S/C20H23N3O4.ClH/c1-27-19(25)17-9-16(10-22-11-17)14-3-5-15(6-4-14)18(24)23-13-20(26)7-2-8-21-12-20;/h3-6,9-11,21,26H,2,7-8,12-13H2,1H3,(H,23,24);1H. The predicted molar refractivity (Wildman–Crippen MR) is 108 cm³/mol. The van der Waals surface area contributed by atoms with Gasteiger partial charge < -0.3 is 20.5 Å². The van der Waals surface area contributed by atoms with Gasteiger partial charge in [-0.25, -0.2) is 4.79 Å². The van der Waals surface area contributed by atoms with Gasteiger partial charge in [-0.3, -0.25) is 9.78 Å². The Kier molecular flexibility index (Phi) is 7.51. The van der Waals surface area contributed by atoms with Crippen molar-refractivity contribution < 1.29 is 19.4 Å². The van der Waals surface area contributed by atoms with Gasteiger partial charge in [0.15, 0.2) is 0 Å². The van der Waals surface area contributed by atoms with E-state index in [1.54, 1.807) is 36.5 Å². The molecule has 2 heterocycles. The van der Waals surface area contributed by atoms with E-state index in [9.17, 15) is 14.7 Å². The minimum atomic E-state index is -0.895. The number of hydrogen-bond acceptors (Lipinski definition) is 6. The third kappa shape index (κ3) is 5.28. The molecule has 1 unspecified atom stereocenters. The zero-order valence-electron chi connectivity index (χ0n) is 15.6. The number of aliphatic hydroxyl groups is 1. The largest absolute Gasteiger partial charge is 0.465 e. The maximum Gasteiger partial charge on any atom is 0.339 e. The van der Waals surface area contributed by atoms with E-state index in [0.717, 1.165) is 24.1 Å². The highest BCUT2D eigenvalue weighted by Gasteiger charge is 2.29. The molecule has 1 atom stereocenters. The fourth-order valence-corrected chi connectivity index (χ4v) is 3.09. The van der Waals surface area contributed by atoms with Crippen LogP contribution in [0.15, 0.2) is 42.7 Å². The number of esters is 1. The van der Waals surface area contributed by atoms with Gasteiger partial charge in [0.2, 0.25) is 0 Å². The van der Waals surface area contributed by atoms with Crippen molar-refractivity contribution in [2.75, 3.05) is 26.7 Å². The smallest absolute Gasteiger partial charge is 0.339 e. The Bertz CT molecular complexity index is 820. The molecule has 1 fully saturated rings. The lowest BCUT2D eigenvalue weighted by Gasteiger charge is -2.32. The molecule has 1 amide bonds. The first-order chi connectivity index (χ1) is 13.0. The lowest BCUT2D eigenvalue weighted by molar-refractivity contribution is 0.0170. The summed E-state index contributed by atoms with van der Waals surface area (Å²) in [5.41, 5.74) is 1.56. The Balaban J connectivity index is 0.00000280. The van der Waals surface area contributed by atoms with E-state index in [2.05, 4.69) is 15.6 Å². The molecule has 3 N–H and O–H groups in total. The number of aromatic nitrogens is 1. The van der Waals surface area contributed by atoms with Crippen molar-refractivity contribution in [3.63, 3.8) is 0 Å². The molecule has 150 valence electrons. The highest BCUT2D eigenvalue weighted by atomic mass is 35.5. The molecule has 8 heteroatoms. The maximum absolute atomic E-state index is 12.3. The average Bonchev–Trinajstić information content (AvgIpc) is 2.72. The number of methoxy groups -OCH3 is 1. The van der Waals surface area contributed by atoms with E-state index in [-0.39, 0.29) is 24.9 Å². The van der Waals surface area contributed by atoms with Crippen LogP contribution in [0.2, 0.25) is 0 Å². The maximum atomic E-state index is 12.3. The summed E-state index contributed by atoms with van der Waals surface area (Å²) in [4.78, 5) is 28.0. The molecule has 0 saturated carbocycles. The van der Waals surface area contributed by atoms with Crippen molar-refractivity contribution in [1.29, 1.82) is 0 Å². The van der Waals surface area contributed by atoms with Crippen LogP contribution >= 0.6 is 12.4 Å². The molecular formula is C20H24ClN3O4. The van der Waals surface area contributed by atoms with E-state index in [0.29, 0.717) is 24.1 Å². The summed E-state index contributed by atoms with van der Waals surface area (Å²) >= 11 is 0. The zero-order chi connectivity index (χ0) is 19.3. The van der Waals surface area contributed by atoms with Gasteiger partial charge in [0.1, 0.15) is 0 Å². The highest BCUT2D eigenvalue weighted by Crippen LogP contribution is 2.21.